The number of hydrogen-bond donors (Lipinski definition) is 1. The van der Waals surface area contributed by atoms with Gasteiger partial charge in [-0.2, -0.15) is 0 Å². The van der Waals surface area contributed by atoms with Crippen LogP contribution in [-0.2, 0) is 9.47 Å². The van der Waals surface area contributed by atoms with Crippen LogP contribution in [0.25, 0.3) is 0 Å². The van der Waals surface area contributed by atoms with E-state index in [9.17, 15) is 0 Å². The van der Waals surface area contributed by atoms with Crippen molar-refractivity contribution in [3.05, 3.63) is 0 Å². The highest BCUT2D eigenvalue weighted by Crippen LogP contribution is 2.22. The number of aliphatic hydroxyl groups is 1. The number of ether oxygens (including phenoxy) is 2. The van der Waals surface area contributed by atoms with Crippen molar-refractivity contribution >= 4 is 0 Å². The molecule has 1 aliphatic heterocycles. The molecule has 3 heteroatoms. The molecule has 1 saturated heterocycles. The maximum atomic E-state index is 8.81. The minimum atomic E-state index is -0.119. The van der Waals surface area contributed by atoms with Gasteiger partial charge in [0.2, 0.25) is 0 Å². The summed E-state index contributed by atoms with van der Waals surface area (Å²) in [6, 6.07) is 0. The molecule has 0 saturated carbocycles. The highest BCUT2D eigenvalue weighted by atomic mass is 16.8. The quantitative estimate of drug-likeness (QED) is 0.232. The lowest BCUT2D eigenvalue weighted by Gasteiger charge is -2.04. The smallest absolute Gasteiger partial charge is 0.186 e. The first-order valence-corrected chi connectivity index (χ1v) is 10.8. The molecule has 1 rings (SSSR count). The molecule has 1 N–H and O–H groups in total. The number of rotatable bonds is 19. The molecule has 24 heavy (non-hydrogen) atoms. The third-order valence-electron chi connectivity index (χ3n) is 5.00. The molecule has 1 aliphatic rings. The molecular weight excluding hydrogens is 300 g/mol. The van der Waals surface area contributed by atoms with E-state index in [2.05, 4.69) is 6.92 Å². The molecule has 0 aromatic rings. The highest BCUT2D eigenvalue weighted by Gasteiger charge is 2.39. The van der Waals surface area contributed by atoms with Crippen LogP contribution in [0.4, 0.5) is 0 Å². The maximum Gasteiger partial charge on any atom is 0.186 e. The van der Waals surface area contributed by atoms with Crippen molar-refractivity contribution in [1.29, 1.82) is 0 Å². The van der Waals surface area contributed by atoms with Crippen LogP contribution in [0.15, 0.2) is 0 Å². The fourth-order valence-electron chi connectivity index (χ4n) is 3.25. The van der Waals surface area contributed by atoms with Crippen LogP contribution in [-0.4, -0.2) is 30.7 Å². The summed E-state index contributed by atoms with van der Waals surface area (Å²) in [7, 11) is 0. The first kappa shape index (κ1) is 21.9. The van der Waals surface area contributed by atoms with Gasteiger partial charge in [0.05, 0.1) is 6.61 Å². The molecule has 1 heterocycles. The van der Waals surface area contributed by atoms with E-state index in [-0.39, 0.29) is 19.0 Å². The average molecular weight is 343 g/mol. The van der Waals surface area contributed by atoms with Gasteiger partial charge in [0.1, 0.15) is 6.10 Å². The zero-order chi connectivity index (χ0) is 17.3. The second-order valence-corrected chi connectivity index (χ2v) is 7.40. The number of aliphatic hydroxyl groups excluding tert-OH is 1. The van der Waals surface area contributed by atoms with Gasteiger partial charge in [-0.05, 0) is 6.42 Å². The Labute approximate surface area is 150 Å². The van der Waals surface area contributed by atoms with Gasteiger partial charge in [0, 0.05) is 6.61 Å². The highest BCUT2D eigenvalue weighted by molar-refractivity contribution is 4.75. The van der Waals surface area contributed by atoms with Gasteiger partial charge >= 0.3 is 0 Å². The Morgan fingerprint density at radius 1 is 0.667 bits per heavy atom. The Hall–Kier alpha value is -0.120. The Morgan fingerprint density at radius 2 is 1.08 bits per heavy atom. The third-order valence-corrected chi connectivity index (χ3v) is 5.00. The Bertz CT molecular complexity index is 257. The summed E-state index contributed by atoms with van der Waals surface area (Å²) < 4.78 is 10.6. The van der Waals surface area contributed by atoms with E-state index in [0.29, 0.717) is 0 Å². The normalized spacial score (nSPS) is 19.8. The standard InChI is InChI=1S/C21H42O3/c1-2-3-4-5-6-7-8-9-10-11-12-13-14-15-16-17-18-23-21-20(19-22)24-21/h20-22H,2-19H2,1H3. The lowest BCUT2D eigenvalue weighted by molar-refractivity contribution is 0.0478. The van der Waals surface area contributed by atoms with E-state index in [4.69, 9.17) is 14.6 Å². The fraction of sp³-hybridized carbons (Fsp3) is 1.00. The van der Waals surface area contributed by atoms with Crippen LogP contribution in [0, 0.1) is 0 Å². The minimum absolute atomic E-state index is 0.0499. The summed E-state index contributed by atoms with van der Waals surface area (Å²) in [5.41, 5.74) is 0. The average Bonchev–Trinajstić information content (AvgIpc) is 3.36. The predicted octanol–water partition coefficient (Wildman–Crippen LogP) is 5.98. The van der Waals surface area contributed by atoms with Crippen LogP contribution >= 0.6 is 0 Å². The van der Waals surface area contributed by atoms with Crippen molar-refractivity contribution in [1.82, 2.24) is 0 Å². The van der Waals surface area contributed by atoms with Gasteiger partial charge in [-0.15, -0.1) is 0 Å². The summed E-state index contributed by atoms with van der Waals surface area (Å²) in [5, 5.41) is 8.81. The molecule has 144 valence electrons. The topological polar surface area (TPSA) is 42.0 Å². The molecule has 2 unspecified atom stereocenters. The van der Waals surface area contributed by atoms with Crippen LogP contribution in [0.3, 0.4) is 0 Å². The van der Waals surface area contributed by atoms with Gasteiger partial charge in [0.15, 0.2) is 6.29 Å². The summed E-state index contributed by atoms with van der Waals surface area (Å²) in [5.74, 6) is 0. The van der Waals surface area contributed by atoms with E-state index >= 15 is 0 Å². The maximum absolute atomic E-state index is 8.81. The number of unbranched alkanes of at least 4 members (excludes halogenated alkanes) is 15. The monoisotopic (exact) mass is 342 g/mol. The van der Waals surface area contributed by atoms with Crippen molar-refractivity contribution in [2.24, 2.45) is 0 Å². The molecule has 0 spiro atoms. The Kier molecular flexibility index (Phi) is 14.9. The van der Waals surface area contributed by atoms with Crippen LogP contribution < -0.4 is 0 Å². The molecule has 0 aromatic carbocycles. The van der Waals surface area contributed by atoms with Gasteiger partial charge < -0.3 is 14.6 Å². The lowest BCUT2D eigenvalue weighted by Crippen LogP contribution is -2.04. The van der Waals surface area contributed by atoms with Crippen molar-refractivity contribution in [2.45, 2.75) is 122 Å². The summed E-state index contributed by atoms with van der Waals surface area (Å²) in [6.07, 6.45) is 22.1. The molecule has 0 bridgehead atoms. The predicted molar refractivity (Wildman–Crippen MR) is 101 cm³/mol. The van der Waals surface area contributed by atoms with Crippen molar-refractivity contribution in [3.8, 4) is 0 Å². The lowest BCUT2D eigenvalue weighted by atomic mass is 10.0. The van der Waals surface area contributed by atoms with Gasteiger partial charge in [-0.3, -0.25) is 0 Å². The summed E-state index contributed by atoms with van der Waals surface area (Å²) in [6.45, 7) is 3.15. The van der Waals surface area contributed by atoms with Gasteiger partial charge in [-0.1, -0.05) is 103 Å². The molecule has 0 radical (unpaired) electrons. The minimum Gasteiger partial charge on any atom is -0.393 e. The molecule has 0 aromatic heterocycles. The van der Waals surface area contributed by atoms with E-state index < -0.39 is 0 Å². The zero-order valence-corrected chi connectivity index (χ0v) is 16.1. The molecule has 0 aliphatic carbocycles. The van der Waals surface area contributed by atoms with Crippen molar-refractivity contribution in [2.75, 3.05) is 13.2 Å². The zero-order valence-electron chi connectivity index (χ0n) is 16.1. The van der Waals surface area contributed by atoms with Gasteiger partial charge in [0.25, 0.3) is 0 Å². The van der Waals surface area contributed by atoms with E-state index in [0.717, 1.165) is 13.0 Å². The van der Waals surface area contributed by atoms with Crippen LogP contribution in [0.5, 0.6) is 0 Å². The molecular formula is C21H42O3. The largest absolute Gasteiger partial charge is 0.393 e. The van der Waals surface area contributed by atoms with E-state index in [1.54, 1.807) is 0 Å². The van der Waals surface area contributed by atoms with E-state index in [1.807, 2.05) is 0 Å². The van der Waals surface area contributed by atoms with Crippen molar-refractivity contribution in [3.63, 3.8) is 0 Å². The third kappa shape index (κ3) is 13.2. The number of hydrogen-bond acceptors (Lipinski definition) is 3. The Balaban J connectivity index is 1.62. The first-order chi connectivity index (χ1) is 11.9. The molecule has 3 nitrogen and oxygen atoms in total. The van der Waals surface area contributed by atoms with Gasteiger partial charge in [-0.25, -0.2) is 0 Å². The molecule has 0 amide bonds. The number of epoxide rings is 1. The summed E-state index contributed by atoms with van der Waals surface area (Å²) in [4.78, 5) is 0. The van der Waals surface area contributed by atoms with Crippen molar-refractivity contribution < 1.29 is 14.6 Å². The van der Waals surface area contributed by atoms with E-state index in [1.165, 1.54) is 96.3 Å². The second kappa shape index (κ2) is 16.4. The second-order valence-electron chi connectivity index (χ2n) is 7.40. The van der Waals surface area contributed by atoms with Crippen LogP contribution in [0.2, 0.25) is 0 Å². The SMILES string of the molecule is CCCCCCCCCCCCCCCCCCOC1OC1CO. The first-order valence-electron chi connectivity index (χ1n) is 10.8. The van der Waals surface area contributed by atoms with Crippen LogP contribution in [0.1, 0.15) is 110 Å². The molecule has 1 fully saturated rings. The fourth-order valence-corrected chi connectivity index (χ4v) is 3.25. The summed E-state index contributed by atoms with van der Waals surface area (Å²) >= 11 is 0. The molecule has 2 atom stereocenters. The Morgan fingerprint density at radius 3 is 1.46 bits per heavy atom.